The highest BCUT2D eigenvalue weighted by atomic mass is 16.5. The van der Waals surface area contributed by atoms with Gasteiger partial charge in [-0.25, -0.2) is 4.98 Å². The van der Waals surface area contributed by atoms with E-state index in [1.807, 2.05) is 24.3 Å². The molecular weight excluding hydrogens is 296 g/mol. The number of nitrogens with zero attached hydrogens (tertiary/aromatic N) is 1. The second-order valence-corrected chi connectivity index (χ2v) is 4.81. The number of amides is 1. The number of benzene rings is 2. The number of nitrogens with one attached hydrogen (secondary N) is 1. The van der Waals surface area contributed by atoms with Crippen LogP contribution in [0, 0.1) is 0 Å². The lowest BCUT2D eigenvalue weighted by Crippen LogP contribution is -2.28. The monoisotopic (exact) mass is 312 g/mol. The molecule has 3 aromatic rings. The molecule has 0 fully saturated rings. The highest BCUT2D eigenvalue weighted by Gasteiger charge is 2.07. The van der Waals surface area contributed by atoms with Gasteiger partial charge in [0.05, 0.1) is 13.7 Å². The maximum atomic E-state index is 12.1. The molecule has 0 aliphatic carbocycles. The van der Waals surface area contributed by atoms with Gasteiger partial charge in [-0.1, -0.05) is 0 Å². The summed E-state index contributed by atoms with van der Waals surface area (Å²) in [6, 6.07) is 12.4. The Bertz CT molecular complexity index is 796. The predicted molar refractivity (Wildman–Crippen MR) is 84.8 cm³/mol. The fourth-order valence-corrected chi connectivity index (χ4v) is 2.10. The summed E-state index contributed by atoms with van der Waals surface area (Å²) in [7, 11) is 1.61. The lowest BCUT2D eigenvalue weighted by Gasteiger charge is -2.08. The molecule has 6 nitrogen and oxygen atoms in total. The van der Waals surface area contributed by atoms with Gasteiger partial charge < -0.3 is 19.2 Å². The normalized spacial score (nSPS) is 10.5. The minimum absolute atomic E-state index is 0.179. The molecule has 0 radical (unpaired) electrons. The van der Waals surface area contributed by atoms with E-state index in [0.717, 1.165) is 17.0 Å². The molecule has 1 N–H and O–H groups in total. The van der Waals surface area contributed by atoms with Crippen molar-refractivity contribution >= 4 is 17.0 Å². The van der Waals surface area contributed by atoms with Gasteiger partial charge in [-0.05, 0) is 42.5 Å². The van der Waals surface area contributed by atoms with E-state index in [1.54, 1.807) is 25.3 Å². The molecule has 1 amide bonds. The molecule has 0 spiro atoms. The van der Waals surface area contributed by atoms with Crippen molar-refractivity contribution in [3.63, 3.8) is 0 Å². The molecule has 0 aliphatic heterocycles. The number of carbonyl (C=O) groups excluding carboxylic acids is 1. The van der Waals surface area contributed by atoms with E-state index in [2.05, 4.69) is 10.3 Å². The highest BCUT2D eigenvalue weighted by Crippen LogP contribution is 2.17. The Kier molecular flexibility index (Phi) is 4.42. The number of aromatic nitrogens is 1. The summed E-state index contributed by atoms with van der Waals surface area (Å²) < 4.78 is 15.8. The lowest BCUT2D eigenvalue weighted by atomic mass is 10.2. The smallest absolute Gasteiger partial charge is 0.251 e. The molecule has 0 saturated carbocycles. The van der Waals surface area contributed by atoms with Crippen LogP contribution in [-0.4, -0.2) is 31.2 Å². The van der Waals surface area contributed by atoms with E-state index in [-0.39, 0.29) is 5.91 Å². The number of carbonyl (C=O) groups is 1. The molecule has 2 aromatic carbocycles. The van der Waals surface area contributed by atoms with Crippen LogP contribution in [0.2, 0.25) is 0 Å². The Morgan fingerprint density at radius 1 is 1.17 bits per heavy atom. The van der Waals surface area contributed by atoms with Crippen molar-refractivity contribution < 1.29 is 18.7 Å². The van der Waals surface area contributed by atoms with Crippen molar-refractivity contribution in [3.05, 3.63) is 54.4 Å². The zero-order valence-electron chi connectivity index (χ0n) is 12.6. The average molecular weight is 312 g/mol. The maximum absolute atomic E-state index is 12.1. The zero-order chi connectivity index (χ0) is 16.1. The van der Waals surface area contributed by atoms with Crippen LogP contribution in [0.3, 0.4) is 0 Å². The second-order valence-electron chi connectivity index (χ2n) is 4.81. The van der Waals surface area contributed by atoms with Crippen LogP contribution in [0.15, 0.2) is 53.3 Å². The number of fused-ring (bicyclic) bond motifs is 1. The van der Waals surface area contributed by atoms with Crippen LogP contribution < -0.4 is 14.8 Å². The van der Waals surface area contributed by atoms with E-state index in [0.29, 0.717) is 24.3 Å². The number of hydrogen-bond acceptors (Lipinski definition) is 5. The number of rotatable bonds is 6. The SMILES string of the molecule is COc1ccc(OCCNC(=O)c2ccc3ncoc3c2)cc1. The van der Waals surface area contributed by atoms with Gasteiger partial charge in [-0.15, -0.1) is 0 Å². The molecule has 6 heteroatoms. The van der Waals surface area contributed by atoms with Crippen molar-refractivity contribution in [1.29, 1.82) is 0 Å². The zero-order valence-corrected chi connectivity index (χ0v) is 12.6. The first-order valence-electron chi connectivity index (χ1n) is 7.14. The highest BCUT2D eigenvalue weighted by molar-refractivity contribution is 5.96. The first-order valence-corrected chi connectivity index (χ1v) is 7.14. The molecule has 0 aliphatic rings. The third kappa shape index (κ3) is 3.60. The summed E-state index contributed by atoms with van der Waals surface area (Å²) in [4.78, 5) is 16.1. The van der Waals surface area contributed by atoms with Crippen LogP contribution in [0.5, 0.6) is 11.5 Å². The number of hydrogen-bond donors (Lipinski definition) is 1. The summed E-state index contributed by atoms with van der Waals surface area (Å²) in [5.74, 6) is 1.32. The summed E-state index contributed by atoms with van der Waals surface area (Å²) in [6.07, 6.45) is 1.36. The van der Waals surface area contributed by atoms with Gasteiger partial charge in [0.25, 0.3) is 5.91 Å². The van der Waals surface area contributed by atoms with E-state index in [1.165, 1.54) is 6.39 Å². The van der Waals surface area contributed by atoms with Gasteiger partial charge in [-0.2, -0.15) is 0 Å². The van der Waals surface area contributed by atoms with Gasteiger partial charge in [0.1, 0.15) is 23.6 Å². The largest absolute Gasteiger partial charge is 0.497 e. The first kappa shape index (κ1) is 14.9. The topological polar surface area (TPSA) is 73.6 Å². The fraction of sp³-hybridized carbons (Fsp3) is 0.176. The minimum atomic E-state index is -0.179. The molecule has 1 heterocycles. The van der Waals surface area contributed by atoms with Crippen molar-refractivity contribution in [2.75, 3.05) is 20.3 Å². The van der Waals surface area contributed by atoms with Gasteiger partial charge >= 0.3 is 0 Å². The Morgan fingerprint density at radius 2 is 1.96 bits per heavy atom. The van der Waals surface area contributed by atoms with Crippen LogP contribution in [-0.2, 0) is 0 Å². The minimum Gasteiger partial charge on any atom is -0.497 e. The van der Waals surface area contributed by atoms with E-state index in [9.17, 15) is 4.79 Å². The molecule has 0 unspecified atom stereocenters. The quantitative estimate of drug-likeness (QED) is 0.708. The third-order valence-electron chi connectivity index (χ3n) is 3.31. The van der Waals surface area contributed by atoms with Crippen molar-refractivity contribution in [2.45, 2.75) is 0 Å². The molecule has 0 saturated heterocycles. The van der Waals surface area contributed by atoms with Crippen LogP contribution in [0.1, 0.15) is 10.4 Å². The maximum Gasteiger partial charge on any atom is 0.251 e. The second kappa shape index (κ2) is 6.83. The predicted octanol–water partition coefficient (Wildman–Crippen LogP) is 2.65. The summed E-state index contributed by atoms with van der Waals surface area (Å²) >= 11 is 0. The molecular formula is C17H16N2O4. The van der Waals surface area contributed by atoms with Gasteiger partial charge in [0, 0.05) is 5.56 Å². The number of oxazole rings is 1. The Labute approximate surface area is 133 Å². The molecule has 0 bridgehead atoms. The average Bonchev–Trinajstić information content (AvgIpc) is 3.06. The van der Waals surface area contributed by atoms with Crippen LogP contribution in [0.4, 0.5) is 0 Å². The molecule has 1 aromatic heterocycles. The molecule has 3 rings (SSSR count). The number of ether oxygens (including phenoxy) is 2. The van der Waals surface area contributed by atoms with Gasteiger partial charge in [0.15, 0.2) is 12.0 Å². The molecule has 0 atom stereocenters. The lowest BCUT2D eigenvalue weighted by molar-refractivity contribution is 0.0947. The Hall–Kier alpha value is -3.02. The first-order chi connectivity index (χ1) is 11.3. The third-order valence-corrected chi connectivity index (χ3v) is 3.31. The van der Waals surface area contributed by atoms with Crippen LogP contribution in [0.25, 0.3) is 11.1 Å². The van der Waals surface area contributed by atoms with Crippen molar-refractivity contribution in [3.8, 4) is 11.5 Å². The molecule has 118 valence electrons. The Balaban J connectivity index is 1.48. The van der Waals surface area contributed by atoms with E-state index in [4.69, 9.17) is 13.9 Å². The van der Waals surface area contributed by atoms with Gasteiger partial charge in [-0.3, -0.25) is 4.79 Å². The standard InChI is InChI=1S/C17H16N2O4/c1-21-13-3-5-14(6-4-13)22-9-8-18-17(20)12-2-7-15-16(10-12)23-11-19-15/h2-7,10-11H,8-9H2,1H3,(H,18,20). The van der Waals surface area contributed by atoms with E-state index >= 15 is 0 Å². The van der Waals surface area contributed by atoms with Crippen molar-refractivity contribution in [2.24, 2.45) is 0 Å². The summed E-state index contributed by atoms with van der Waals surface area (Å²) in [6.45, 7) is 0.780. The van der Waals surface area contributed by atoms with Gasteiger partial charge in [0.2, 0.25) is 0 Å². The summed E-state index contributed by atoms with van der Waals surface area (Å²) in [5, 5.41) is 2.80. The summed E-state index contributed by atoms with van der Waals surface area (Å²) in [5.41, 5.74) is 1.84. The van der Waals surface area contributed by atoms with E-state index < -0.39 is 0 Å². The number of methoxy groups -OCH3 is 1. The Morgan fingerprint density at radius 3 is 2.74 bits per heavy atom. The van der Waals surface area contributed by atoms with Crippen LogP contribution >= 0.6 is 0 Å². The fourth-order valence-electron chi connectivity index (χ4n) is 2.10. The van der Waals surface area contributed by atoms with Crippen molar-refractivity contribution in [1.82, 2.24) is 10.3 Å². The molecule has 23 heavy (non-hydrogen) atoms.